The molecule has 1 aliphatic rings. The smallest absolute Gasteiger partial charge is 0.341 e. The summed E-state index contributed by atoms with van der Waals surface area (Å²) >= 11 is 0. The van der Waals surface area contributed by atoms with Gasteiger partial charge in [0.2, 0.25) is 9.84 Å². The van der Waals surface area contributed by atoms with E-state index in [4.69, 9.17) is 0 Å². The molecule has 0 bridgehead atoms. The first-order valence-corrected chi connectivity index (χ1v) is 10.3. The highest BCUT2D eigenvalue weighted by Crippen LogP contribution is 2.31. The predicted octanol–water partition coefficient (Wildman–Crippen LogP) is 3.67. The van der Waals surface area contributed by atoms with Crippen LogP contribution in [-0.2, 0) is 9.84 Å². The molecule has 1 aliphatic heterocycles. The maximum Gasteiger partial charge on any atom is 0.341 e. The highest BCUT2D eigenvalue weighted by atomic mass is 32.2. The summed E-state index contributed by atoms with van der Waals surface area (Å²) in [6.45, 7) is 1.77. The van der Waals surface area contributed by atoms with E-state index in [0.29, 0.717) is 19.2 Å². The summed E-state index contributed by atoms with van der Waals surface area (Å²) in [7, 11) is -4.92. The average molecular weight is 429 g/mol. The van der Waals surface area contributed by atoms with E-state index in [1.165, 1.54) is 12.1 Å². The monoisotopic (exact) mass is 429 g/mol. The van der Waals surface area contributed by atoms with Crippen LogP contribution in [-0.4, -0.2) is 38.7 Å². The number of nitrogens with one attached hydrogen (secondary N) is 1. The third-order valence-corrected chi connectivity index (χ3v) is 6.17. The van der Waals surface area contributed by atoms with E-state index in [-0.39, 0.29) is 17.4 Å². The Morgan fingerprint density at radius 1 is 1.21 bits per heavy atom. The molecule has 1 fully saturated rings. The zero-order chi connectivity index (χ0) is 21.2. The van der Waals surface area contributed by atoms with Crippen molar-refractivity contribution in [1.82, 2.24) is 0 Å². The van der Waals surface area contributed by atoms with Gasteiger partial charge in [0.25, 0.3) is 5.69 Å². The van der Waals surface area contributed by atoms with Crippen molar-refractivity contribution in [2.24, 2.45) is 5.92 Å². The molecule has 1 heterocycles. The maximum absolute atomic E-state index is 13.0. The molecule has 1 saturated heterocycles. The number of nitro groups is 1. The lowest BCUT2D eigenvalue weighted by Gasteiger charge is -2.19. The zero-order valence-electron chi connectivity index (χ0n) is 15.1. The molecule has 1 N–H and O–H groups in total. The summed E-state index contributed by atoms with van der Waals surface area (Å²) in [6, 6.07) is 8.80. The molecule has 29 heavy (non-hydrogen) atoms. The summed E-state index contributed by atoms with van der Waals surface area (Å²) in [5, 5.41) is 14.2. The molecule has 0 radical (unpaired) electrons. The van der Waals surface area contributed by atoms with Crippen LogP contribution in [0.15, 0.2) is 47.4 Å². The molecule has 2 aromatic carbocycles. The number of anilines is 2. The van der Waals surface area contributed by atoms with Crippen LogP contribution >= 0.6 is 0 Å². The van der Waals surface area contributed by atoms with Crippen LogP contribution in [0.4, 0.5) is 30.2 Å². The van der Waals surface area contributed by atoms with Gasteiger partial charge < -0.3 is 10.2 Å². The SMILES string of the molecule is O=[N+]([O-])c1cc(S(=O)(=O)C(F)F)ccc1NCC1CCN(c2ccc(F)cc2)C1. The van der Waals surface area contributed by atoms with Gasteiger partial charge in [-0.25, -0.2) is 12.8 Å². The standard InChI is InChI=1S/C18H18F3N3O4S/c19-13-1-3-14(4-2-13)23-8-7-12(11-23)10-22-16-6-5-15(9-17(16)24(25)26)29(27,28)18(20)21/h1-6,9,12,18,22H,7-8,10-11H2. The molecular formula is C18H18F3N3O4S. The first kappa shape index (κ1) is 20.9. The van der Waals surface area contributed by atoms with Gasteiger partial charge in [-0.1, -0.05) is 0 Å². The molecule has 0 amide bonds. The number of alkyl halides is 2. The molecule has 1 unspecified atom stereocenters. The molecule has 0 aliphatic carbocycles. The molecule has 0 spiro atoms. The van der Waals surface area contributed by atoms with Gasteiger partial charge in [-0.3, -0.25) is 10.1 Å². The minimum Gasteiger partial charge on any atom is -0.379 e. The fourth-order valence-electron chi connectivity index (χ4n) is 3.23. The average Bonchev–Trinajstić information content (AvgIpc) is 3.15. The molecule has 11 heteroatoms. The summed E-state index contributed by atoms with van der Waals surface area (Å²) < 4.78 is 61.5. The number of sulfone groups is 1. The molecule has 1 atom stereocenters. The van der Waals surface area contributed by atoms with Crippen LogP contribution in [0.5, 0.6) is 0 Å². The van der Waals surface area contributed by atoms with E-state index >= 15 is 0 Å². The minimum absolute atomic E-state index is 0.0587. The lowest BCUT2D eigenvalue weighted by Crippen LogP contribution is -2.22. The number of hydrogen-bond acceptors (Lipinski definition) is 6. The molecular weight excluding hydrogens is 411 g/mol. The Morgan fingerprint density at radius 3 is 2.52 bits per heavy atom. The van der Waals surface area contributed by atoms with E-state index < -0.39 is 31.1 Å². The van der Waals surface area contributed by atoms with E-state index in [1.54, 1.807) is 12.1 Å². The third kappa shape index (κ3) is 4.61. The first-order valence-electron chi connectivity index (χ1n) is 8.73. The van der Waals surface area contributed by atoms with Crippen molar-refractivity contribution < 1.29 is 26.5 Å². The Kier molecular flexibility index (Phi) is 5.96. The number of rotatable bonds is 7. The second-order valence-electron chi connectivity index (χ2n) is 6.70. The molecule has 7 nitrogen and oxygen atoms in total. The van der Waals surface area contributed by atoms with E-state index in [2.05, 4.69) is 10.2 Å². The molecule has 2 aromatic rings. The largest absolute Gasteiger partial charge is 0.379 e. The zero-order valence-corrected chi connectivity index (χ0v) is 15.9. The third-order valence-electron chi connectivity index (χ3n) is 4.79. The van der Waals surface area contributed by atoms with Gasteiger partial charge in [0, 0.05) is 31.4 Å². The van der Waals surface area contributed by atoms with Crippen molar-refractivity contribution in [2.75, 3.05) is 29.9 Å². The number of benzene rings is 2. The van der Waals surface area contributed by atoms with Gasteiger partial charge in [-0.2, -0.15) is 8.78 Å². The molecule has 3 rings (SSSR count). The lowest BCUT2D eigenvalue weighted by molar-refractivity contribution is -0.384. The normalized spacial score (nSPS) is 17.0. The van der Waals surface area contributed by atoms with Gasteiger partial charge in [0.15, 0.2) is 0 Å². The number of nitrogens with zero attached hydrogens (tertiary/aromatic N) is 2. The van der Waals surface area contributed by atoms with Crippen molar-refractivity contribution in [1.29, 1.82) is 0 Å². The molecule has 156 valence electrons. The predicted molar refractivity (Wildman–Crippen MR) is 101 cm³/mol. The van der Waals surface area contributed by atoms with Gasteiger partial charge in [-0.15, -0.1) is 0 Å². The van der Waals surface area contributed by atoms with Crippen LogP contribution in [0.1, 0.15) is 6.42 Å². The summed E-state index contributed by atoms with van der Waals surface area (Å²) in [5.74, 6) is -3.84. The second-order valence-corrected chi connectivity index (χ2v) is 8.62. The van der Waals surface area contributed by atoms with Crippen LogP contribution in [0.25, 0.3) is 0 Å². The van der Waals surface area contributed by atoms with Crippen molar-refractivity contribution in [3.05, 3.63) is 58.4 Å². The number of hydrogen-bond donors (Lipinski definition) is 1. The molecule has 0 saturated carbocycles. The summed E-state index contributed by atoms with van der Waals surface area (Å²) in [5.41, 5.74) is 0.352. The van der Waals surface area contributed by atoms with Crippen LogP contribution in [0, 0.1) is 21.8 Å². The number of halogens is 3. The maximum atomic E-state index is 13.0. The fraction of sp³-hybridized carbons (Fsp3) is 0.333. The van der Waals surface area contributed by atoms with Gasteiger partial charge in [0.05, 0.1) is 9.82 Å². The Bertz CT molecular complexity index is 1000. The minimum atomic E-state index is -4.92. The Labute approximate surface area is 165 Å². The topological polar surface area (TPSA) is 92.5 Å². The lowest BCUT2D eigenvalue weighted by atomic mass is 10.1. The van der Waals surface area contributed by atoms with Gasteiger partial charge in [-0.05, 0) is 48.7 Å². The molecule has 0 aromatic heterocycles. The Balaban J connectivity index is 1.69. The van der Waals surface area contributed by atoms with Crippen LogP contribution in [0.3, 0.4) is 0 Å². The fourth-order valence-corrected chi connectivity index (χ4v) is 3.97. The second kappa shape index (κ2) is 8.27. The highest BCUT2D eigenvalue weighted by Gasteiger charge is 2.30. The van der Waals surface area contributed by atoms with E-state index in [9.17, 15) is 31.7 Å². The van der Waals surface area contributed by atoms with Crippen molar-refractivity contribution in [2.45, 2.75) is 17.1 Å². The number of nitro benzene ring substituents is 1. The Hall–Kier alpha value is -2.82. The van der Waals surface area contributed by atoms with Crippen LogP contribution < -0.4 is 10.2 Å². The van der Waals surface area contributed by atoms with Gasteiger partial charge >= 0.3 is 5.76 Å². The van der Waals surface area contributed by atoms with Crippen LogP contribution in [0.2, 0.25) is 0 Å². The summed E-state index contributed by atoms with van der Waals surface area (Å²) in [4.78, 5) is 11.7. The first-order chi connectivity index (χ1) is 13.7. The highest BCUT2D eigenvalue weighted by molar-refractivity contribution is 7.91. The van der Waals surface area contributed by atoms with Crippen molar-refractivity contribution in [3.8, 4) is 0 Å². The van der Waals surface area contributed by atoms with E-state index in [0.717, 1.165) is 30.8 Å². The van der Waals surface area contributed by atoms with Gasteiger partial charge in [0.1, 0.15) is 11.5 Å². The van der Waals surface area contributed by atoms with Crippen molar-refractivity contribution >= 4 is 26.9 Å². The quantitative estimate of drug-likeness (QED) is 0.533. The van der Waals surface area contributed by atoms with Crippen molar-refractivity contribution in [3.63, 3.8) is 0 Å². The van der Waals surface area contributed by atoms with E-state index in [1.807, 2.05) is 0 Å². The summed E-state index contributed by atoms with van der Waals surface area (Å²) in [6.07, 6.45) is 0.802. The Morgan fingerprint density at radius 2 is 1.90 bits per heavy atom.